The van der Waals surface area contributed by atoms with Gasteiger partial charge < -0.3 is 9.47 Å². The topological polar surface area (TPSA) is 52.6 Å². The summed E-state index contributed by atoms with van der Waals surface area (Å²) < 4.78 is 24.2. The molecule has 2 aromatic rings. The smallest absolute Gasteiger partial charge is 0.308 e. The molecule has 22 heavy (non-hydrogen) atoms. The van der Waals surface area contributed by atoms with Crippen molar-refractivity contribution in [3.8, 4) is 11.5 Å². The summed E-state index contributed by atoms with van der Waals surface area (Å²) in [5.41, 5.74) is 0.572. The summed E-state index contributed by atoms with van der Waals surface area (Å²) >= 11 is 0. The highest BCUT2D eigenvalue weighted by molar-refractivity contribution is 6.11. The summed E-state index contributed by atoms with van der Waals surface area (Å²) in [5, 5.41) is 0. The zero-order valence-electron chi connectivity index (χ0n) is 12.5. The van der Waals surface area contributed by atoms with Gasteiger partial charge >= 0.3 is 5.97 Å². The van der Waals surface area contributed by atoms with Crippen LogP contribution in [0.15, 0.2) is 36.4 Å². The van der Waals surface area contributed by atoms with Gasteiger partial charge in [-0.1, -0.05) is 0 Å². The van der Waals surface area contributed by atoms with Crippen LogP contribution in [-0.2, 0) is 4.79 Å². The zero-order valence-corrected chi connectivity index (χ0v) is 12.5. The van der Waals surface area contributed by atoms with Crippen LogP contribution in [0.4, 0.5) is 4.39 Å². The molecule has 0 aliphatic rings. The minimum absolute atomic E-state index is 0.0779. The molecule has 114 valence electrons. The van der Waals surface area contributed by atoms with E-state index >= 15 is 0 Å². The van der Waals surface area contributed by atoms with Crippen molar-refractivity contribution in [3.05, 3.63) is 58.9 Å². The van der Waals surface area contributed by atoms with Crippen molar-refractivity contribution in [3.63, 3.8) is 0 Å². The molecule has 0 saturated carbocycles. The Bertz CT molecular complexity index is 720. The van der Waals surface area contributed by atoms with Gasteiger partial charge in [0, 0.05) is 12.5 Å². The fourth-order valence-corrected chi connectivity index (χ4v) is 2.05. The molecule has 0 heterocycles. The molecule has 0 aliphatic carbocycles. The number of ether oxygens (including phenoxy) is 2. The molecule has 4 nitrogen and oxygen atoms in total. The van der Waals surface area contributed by atoms with Crippen molar-refractivity contribution in [1.82, 2.24) is 0 Å². The molecular formula is C17H15FO4. The van der Waals surface area contributed by atoms with Crippen molar-refractivity contribution in [2.24, 2.45) is 0 Å². The van der Waals surface area contributed by atoms with E-state index in [-0.39, 0.29) is 16.9 Å². The fraction of sp³-hybridized carbons (Fsp3) is 0.176. The summed E-state index contributed by atoms with van der Waals surface area (Å²) in [6.07, 6.45) is 0. The Morgan fingerprint density at radius 3 is 2.27 bits per heavy atom. The number of hydrogen-bond acceptors (Lipinski definition) is 4. The monoisotopic (exact) mass is 302 g/mol. The summed E-state index contributed by atoms with van der Waals surface area (Å²) in [7, 11) is 1.51. The van der Waals surface area contributed by atoms with Crippen LogP contribution in [0, 0.1) is 12.7 Å². The van der Waals surface area contributed by atoms with Crippen LogP contribution in [0.25, 0.3) is 0 Å². The maximum Gasteiger partial charge on any atom is 0.308 e. The molecule has 0 amide bonds. The number of halogens is 1. The van der Waals surface area contributed by atoms with Gasteiger partial charge in [0.25, 0.3) is 0 Å². The summed E-state index contributed by atoms with van der Waals surface area (Å²) in [6, 6.07) is 8.94. The SMILES string of the molecule is COc1ccc(C(=O)c2c(F)cc(C)cc2OC(C)=O)cc1. The first-order valence-electron chi connectivity index (χ1n) is 6.59. The molecule has 0 spiro atoms. The lowest BCUT2D eigenvalue weighted by Gasteiger charge is -2.11. The molecule has 2 aromatic carbocycles. The molecule has 0 aliphatic heterocycles. The van der Waals surface area contributed by atoms with E-state index in [1.807, 2.05) is 0 Å². The van der Waals surface area contributed by atoms with Crippen molar-refractivity contribution in [2.45, 2.75) is 13.8 Å². The van der Waals surface area contributed by atoms with Crippen molar-refractivity contribution >= 4 is 11.8 Å². The lowest BCUT2D eigenvalue weighted by molar-refractivity contribution is -0.131. The van der Waals surface area contributed by atoms with Crippen LogP contribution in [0.2, 0.25) is 0 Å². The Balaban J connectivity index is 2.49. The number of methoxy groups -OCH3 is 1. The maximum atomic E-state index is 14.2. The third kappa shape index (κ3) is 3.31. The van der Waals surface area contributed by atoms with E-state index in [4.69, 9.17) is 9.47 Å². The van der Waals surface area contributed by atoms with Gasteiger partial charge in [-0.3, -0.25) is 9.59 Å². The van der Waals surface area contributed by atoms with Gasteiger partial charge in [-0.05, 0) is 48.9 Å². The lowest BCUT2D eigenvalue weighted by Crippen LogP contribution is -2.11. The number of hydrogen-bond donors (Lipinski definition) is 0. The van der Waals surface area contributed by atoms with Gasteiger partial charge in [0.1, 0.15) is 22.9 Å². The molecule has 0 fully saturated rings. The minimum Gasteiger partial charge on any atom is -0.497 e. The average Bonchev–Trinajstić information content (AvgIpc) is 2.45. The molecule has 0 bridgehead atoms. The Morgan fingerprint density at radius 1 is 1.09 bits per heavy atom. The summed E-state index contributed by atoms with van der Waals surface area (Å²) in [4.78, 5) is 23.7. The predicted octanol–water partition coefficient (Wildman–Crippen LogP) is 3.30. The van der Waals surface area contributed by atoms with Crippen molar-refractivity contribution in [2.75, 3.05) is 7.11 Å². The number of aryl methyl sites for hydroxylation is 1. The first-order chi connectivity index (χ1) is 10.4. The number of esters is 1. The van der Waals surface area contributed by atoms with Crippen LogP contribution in [0.3, 0.4) is 0 Å². The second kappa shape index (κ2) is 6.39. The Kier molecular flexibility index (Phi) is 4.56. The highest BCUT2D eigenvalue weighted by Crippen LogP contribution is 2.27. The highest BCUT2D eigenvalue weighted by atomic mass is 19.1. The zero-order chi connectivity index (χ0) is 16.3. The number of rotatable bonds is 4. The standard InChI is InChI=1S/C17H15FO4/c1-10-8-14(18)16(15(9-10)22-11(2)19)17(20)12-4-6-13(21-3)7-5-12/h4-9H,1-3H3. The Labute approximate surface area is 127 Å². The Morgan fingerprint density at radius 2 is 1.73 bits per heavy atom. The normalized spacial score (nSPS) is 10.2. The molecule has 2 rings (SSSR count). The maximum absolute atomic E-state index is 14.2. The van der Waals surface area contributed by atoms with Gasteiger partial charge in [-0.2, -0.15) is 0 Å². The van der Waals surface area contributed by atoms with Gasteiger partial charge in [-0.25, -0.2) is 4.39 Å². The van der Waals surface area contributed by atoms with E-state index in [1.165, 1.54) is 38.3 Å². The second-order valence-corrected chi connectivity index (χ2v) is 4.77. The predicted molar refractivity (Wildman–Crippen MR) is 78.9 cm³/mol. The molecule has 0 N–H and O–H groups in total. The number of carbonyl (C=O) groups is 2. The highest BCUT2D eigenvalue weighted by Gasteiger charge is 2.21. The molecule has 0 aromatic heterocycles. The quantitative estimate of drug-likeness (QED) is 0.494. The number of ketones is 1. The molecule has 0 unspecified atom stereocenters. The minimum atomic E-state index is -0.725. The molecule has 0 atom stereocenters. The van der Waals surface area contributed by atoms with Gasteiger partial charge in [0.2, 0.25) is 0 Å². The van der Waals surface area contributed by atoms with Gasteiger partial charge in [-0.15, -0.1) is 0 Å². The van der Waals surface area contributed by atoms with Crippen LogP contribution in [-0.4, -0.2) is 18.9 Å². The third-order valence-electron chi connectivity index (χ3n) is 3.03. The van der Waals surface area contributed by atoms with Crippen molar-refractivity contribution < 1.29 is 23.5 Å². The van der Waals surface area contributed by atoms with E-state index in [1.54, 1.807) is 19.1 Å². The third-order valence-corrected chi connectivity index (χ3v) is 3.03. The van der Waals surface area contributed by atoms with E-state index in [0.29, 0.717) is 11.3 Å². The molecule has 0 saturated heterocycles. The van der Waals surface area contributed by atoms with Crippen LogP contribution >= 0.6 is 0 Å². The van der Waals surface area contributed by atoms with Gasteiger partial charge in [0.15, 0.2) is 5.78 Å². The molecule has 0 radical (unpaired) electrons. The first kappa shape index (κ1) is 15.7. The average molecular weight is 302 g/mol. The van der Waals surface area contributed by atoms with Crippen LogP contribution in [0.1, 0.15) is 28.4 Å². The van der Waals surface area contributed by atoms with Crippen molar-refractivity contribution in [1.29, 1.82) is 0 Å². The summed E-state index contributed by atoms with van der Waals surface area (Å²) in [5.74, 6) is -1.39. The fourth-order valence-electron chi connectivity index (χ4n) is 2.05. The van der Waals surface area contributed by atoms with Crippen LogP contribution < -0.4 is 9.47 Å². The Hall–Kier alpha value is -2.69. The number of benzene rings is 2. The van der Waals surface area contributed by atoms with Gasteiger partial charge in [0.05, 0.1) is 7.11 Å². The van der Waals surface area contributed by atoms with E-state index in [0.717, 1.165) is 0 Å². The van der Waals surface area contributed by atoms with E-state index in [9.17, 15) is 14.0 Å². The summed E-state index contributed by atoms with van der Waals surface area (Å²) in [6.45, 7) is 2.85. The largest absolute Gasteiger partial charge is 0.497 e. The van der Waals surface area contributed by atoms with E-state index < -0.39 is 17.6 Å². The molecular weight excluding hydrogens is 287 g/mol. The molecule has 5 heteroatoms. The number of carbonyl (C=O) groups excluding carboxylic acids is 2. The van der Waals surface area contributed by atoms with Crippen LogP contribution in [0.5, 0.6) is 11.5 Å². The second-order valence-electron chi connectivity index (χ2n) is 4.77. The van der Waals surface area contributed by atoms with E-state index in [2.05, 4.69) is 0 Å². The first-order valence-corrected chi connectivity index (χ1v) is 6.59. The lowest BCUT2D eigenvalue weighted by atomic mass is 10.00.